The molecule has 0 aromatic heterocycles. The molecule has 0 aliphatic carbocycles. The van der Waals surface area contributed by atoms with Crippen molar-refractivity contribution in [2.24, 2.45) is 5.41 Å². The summed E-state index contributed by atoms with van der Waals surface area (Å²) in [6, 6.07) is 0. The molecule has 0 N–H and O–H groups in total. The van der Waals surface area contributed by atoms with Gasteiger partial charge in [0.1, 0.15) is 5.78 Å². The van der Waals surface area contributed by atoms with Gasteiger partial charge in [0.15, 0.2) is 0 Å². The van der Waals surface area contributed by atoms with E-state index in [1.54, 1.807) is 0 Å². The van der Waals surface area contributed by atoms with Gasteiger partial charge >= 0.3 is 0 Å². The average Bonchev–Trinajstić information content (AvgIpc) is 2.01. The number of carbonyl (C=O) groups excluding carboxylic acids is 1. The van der Waals surface area contributed by atoms with Crippen LogP contribution in [0.5, 0.6) is 0 Å². The van der Waals surface area contributed by atoms with Gasteiger partial charge in [-0.15, -0.1) is 0 Å². The van der Waals surface area contributed by atoms with E-state index in [1.807, 2.05) is 6.92 Å². The summed E-state index contributed by atoms with van der Waals surface area (Å²) in [5.41, 5.74) is 0.453. The van der Waals surface area contributed by atoms with E-state index >= 15 is 0 Å². The third-order valence-corrected chi connectivity index (χ3v) is 2.28. The van der Waals surface area contributed by atoms with Crippen LogP contribution in [0.3, 0.4) is 0 Å². The van der Waals surface area contributed by atoms with Gasteiger partial charge in [0.25, 0.3) is 0 Å². The van der Waals surface area contributed by atoms with Crippen LogP contribution in [0.25, 0.3) is 0 Å². The van der Waals surface area contributed by atoms with E-state index in [1.165, 1.54) is 19.3 Å². The van der Waals surface area contributed by atoms with E-state index in [0.29, 0.717) is 17.6 Å². The van der Waals surface area contributed by atoms with Gasteiger partial charge in [-0.3, -0.25) is 4.79 Å². The fourth-order valence-electron chi connectivity index (χ4n) is 1.33. The van der Waals surface area contributed by atoms with Crippen LogP contribution < -0.4 is 0 Å². The van der Waals surface area contributed by atoms with Crippen molar-refractivity contribution in [2.45, 2.75) is 66.2 Å². The number of ketones is 1. The molecule has 0 atom stereocenters. The Bertz CT molecular complexity index is 142. The molecule has 0 unspecified atom stereocenters. The number of carbonyl (C=O) groups is 1. The maximum Gasteiger partial charge on any atom is 0.132 e. The van der Waals surface area contributed by atoms with E-state index in [4.69, 9.17) is 0 Å². The van der Waals surface area contributed by atoms with Crippen LogP contribution in [0.2, 0.25) is 0 Å². The van der Waals surface area contributed by atoms with Gasteiger partial charge in [-0.05, 0) is 18.3 Å². The minimum atomic E-state index is 0.413. The second kappa shape index (κ2) is 6.17. The molecule has 0 spiro atoms. The van der Waals surface area contributed by atoms with Crippen LogP contribution in [-0.2, 0) is 4.79 Å². The fraction of sp³-hybridized carbons (Fsp3) is 0.917. The van der Waals surface area contributed by atoms with E-state index in [-0.39, 0.29) is 0 Å². The predicted molar refractivity (Wildman–Crippen MR) is 57.8 cm³/mol. The highest BCUT2D eigenvalue weighted by molar-refractivity contribution is 5.77. The Labute approximate surface area is 82.9 Å². The van der Waals surface area contributed by atoms with Gasteiger partial charge < -0.3 is 0 Å². The molecule has 1 heteroatoms. The lowest BCUT2D eigenvalue weighted by Crippen LogP contribution is -2.04. The number of hydrogen-bond acceptors (Lipinski definition) is 1. The van der Waals surface area contributed by atoms with Crippen LogP contribution in [0.15, 0.2) is 0 Å². The molecule has 0 amide bonds. The molecule has 13 heavy (non-hydrogen) atoms. The zero-order valence-electron chi connectivity index (χ0n) is 9.65. The second-order valence-electron chi connectivity index (χ2n) is 5.01. The van der Waals surface area contributed by atoms with Crippen molar-refractivity contribution in [2.75, 3.05) is 0 Å². The number of hydrogen-bond donors (Lipinski definition) is 0. The van der Waals surface area contributed by atoms with Crippen molar-refractivity contribution in [1.29, 1.82) is 0 Å². The number of unbranched alkanes of at least 4 members (excludes halogenated alkanes) is 2. The van der Waals surface area contributed by atoms with Gasteiger partial charge in [0.05, 0.1) is 0 Å². The second-order valence-corrected chi connectivity index (χ2v) is 5.01. The normalized spacial score (nSPS) is 11.7. The molecule has 0 radical (unpaired) electrons. The molecule has 0 aliphatic rings. The molecule has 0 saturated carbocycles. The summed E-state index contributed by atoms with van der Waals surface area (Å²) >= 11 is 0. The summed E-state index contributed by atoms with van der Waals surface area (Å²) in [6.45, 7) is 8.75. The fourth-order valence-corrected chi connectivity index (χ4v) is 1.33. The Hall–Kier alpha value is -0.330. The zero-order valence-corrected chi connectivity index (χ0v) is 9.65. The van der Waals surface area contributed by atoms with Gasteiger partial charge in [-0.2, -0.15) is 0 Å². The first-order chi connectivity index (χ1) is 5.95. The predicted octanol–water partition coefficient (Wildman–Crippen LogP) is 3.96. The molecule has 0 bridgehead atoms. The van der Waals surface area contributed by atoms with Gasteiger partial charge in [0.2, 0.25) is 0 Å². The SMILES string of the molecule is CCC(=O)CCCCCC(C)(C)C. The third-order valence-electron chi connectivity index (χ3n) is 2.28. The average molecular weight is 184 g/mol. The van der Waals surface area contributed by atoms with E-state index in [9.17, 15) is 4.79 Å². The summed E-state index contributed by atoms with van der Waals surface area (Å²) < 4.78 is 0. The first-order valence-corrected chi connectivity index (χ1v) is 5.47. The molecule has 0 aromatic carbocycles. The number of rotatable bonds is 6. The molecule has 0 aliphatic heterocycles. The maximum absolute atomic E-state index is 11.0. The quantitative estimate of drug-likeness (QED) is 0.571. The van der Waals surface area contributed by atoms with Crippen molar-refractivity contribution in [3.05, 3.63) is 0 Å². The van der Waals surface area contributed by atoms with E-state index in [0.717, 1.165) is 12.8 Å². The lowest BCUT2D eigenvalue weighted by atomic mass is 9.89. The molecule has 78 valence electrons. The summed E-state index contributed by atoms with van der Waals surface area (Å²) in [6.07, 6.45) is 6.33. The van der Waals surface area contributed by atoms with Crippen molar-refractivity contribution < 1.29 is 4.79 Å². The zero-order chi connectivity index (χ0) is 10.3. The Balaban J connectivity index is 3.22. The Morgan fingerprint density at radius 3 is 2.15 bits per heavy atom. The summed E-state index contributed by atoms with van der Waals surface area (Å²) in [5, 5.41) is 0. The summed E-state index contributed by atoms with van der Waals surface area (Å²) in [7, 11) is 0. The first kappa shape index (κ1) is 12.7. The van der Waals surface area contributed by atoms with Crippen LogP contribution in [0, 0.1) is 5.41 Å². The van der Waals surface area contributed by atoms with Crippen LogP contribution in [-0.4, -0.2) is 5.78 Å². The summed E-state index contributed by atoms with van der Waals surface area (Å²) in [5.74, 6) is 0.413. The number of Topliss-reactive ketones (excluding diaryl/α,β-unsaturated/α-hetero) is 1. The standard InChI is InChI=1S/C12H24O/c1-5-11(13)9-7-6-8-10-12(2,3)4/h5-10H2,1-4H3. The summed E-state index contributed by atoms with van der Waals surface area (Å²) in [4.78, 5) is 11.0. The minimum Gasteiger partial charge on any atom is -0.300 e. The topological polar surface area (TPSA) is 17.1 Å². The van der Waals surface area contributed by atoms with Gasteiger partial charge in [0, 0.05) is 12.8 Å². The molecular formula is C12H24O. The van der Waals surface area contributed by atoms with Crippen LogP contribution in [0.1, 0.15) is 66.2 Å². The molecule has 0 saturated heterocycles. The van der Waals surface area contributed by atoms with Crippen LogP contribution >= 0.6 is 0 Å². The Morgan fingerprint density at radius 1 is 1.08 bits per heavy atom. The third kappa shape index (κ3) is 9.59. The molecule has 0 rings (SSSR count). The monoisotopic (exact) mass is 184 g/mol. The molecule has 0 aromatic rings. The maximum atomic E-state index is 11.0. The van der Waals surface area contributed by atoms with Crippen molar-refractivity contribution in [3.8, 4) is 0 Å². The molecule has 0 fully saturated rings. The molecule has 1 nitrogen and oxygen atoms in total. The lowest BCUT2D eigenvalue weighted by Gasteiger charge is -2.17. The van der Waals surface area contributed by atoms with E-state index in [2.05, 4.69) is 20.8 Å². The van der Waals surface area contributed by atoms with E-state index < -0.39 is 0 Å². The van der Waals surface area contributed by atoms with Crippen molar-refractivity contribution in [3.63, 3.8) is 0 Å². The smallest absolute Gasteiger partial charge is 0.132 e. The van der Waals surface area contributed by atoms with Crippen molar-refractivity contribution in [1.82, 2.24) is 0 Å². The molecular weight excluding hydrogens is 160 g/mol. The van der Waals surface area contributed by atoms with Gasteiger partial charge in [-0.1, -0.05) is 40.5 Å². The Morgan fingerprint density at radius 2 is 1.69 bits per heavy atom. The van der Waals surface area contributed by atoms with Crippen LogP contribution in [0.4, 0.5) is 0 Å². The van der Waals surface area contributed by atoms with Crippen molar-refractivity contribution >= 4 is 5.78 Å². The largest absolute Gasteiger partial charge is 0.300 e. The Kier molecular flexibility index (Phi) is 6.02. The molecule has 0 heterocycles. The lowest BCUT2D eigenvalue weighted by molar-refractivity contribution is -0.118. The highest BCUT2D eigenvalue weighted by Crippen LogP contribution is 2.22. The highest BCUT2D eigenvalue weighted by Gasteiger charge is 2.08. The van der Waals surface area contributed by atoms with Gasteiger partial charge in [-0.25, -0.2) is 0 Å². The highest BCUT2D eigenvalue weighted by atomic mass is 16.1. The minimum absolute atomic E-state index is 0.413. The first-order valence-electron chi connectivity index (χ1n) is 5.47.